The fourth-order valence-corrected chi connectivity index (χ4v) is 0.629. The number of hydrogen-bond donors (Lipinski definition) is 1. The number of carbonyl (C=O) groups is 1. The number of carboxylic acid groups (broad SMARTS) is 1. The lowest BCUT2D eigenvalue weighted by atomic mass is 10.2. The molecule has 0 saturated heterocycles. The van der Waals surface area contributed by atoms with Crippen molar-refractivity contribution in [3.8, 4) is 0 Å². The van der Waals surface area contributed by atoms with Crippen molar-refractivity contribution >= 4 is 5.97 Å². The highest BCUT2D eigenvalue weighted by molar-refractivity contribution is 5.80. The van der Waals surface area contributed by atoms with E-state index in [0.717, 1.165) is 6.08 Å². The molecule has 0 aliphatic carbocycles. The maximum atomic E-state index is 11.5. The van der Waals surface area contributed by atoms with Crippen molar-refractivity contribution in [1.82, 2.24) is 0 Å². The van der Waals surface area contributed by atoms with E-state index in [4.69, 9.17) is 5.11 Å². The Morgan fingerprint density at radius 3 is 2.70 bits per heavy atom. The molecule has 0 aromatic heterocycles. The molecular formula is C7H11FO2. The zero-order valence-corrected chi connectivity index (χ0v) is 5.93. The molecule has 0 aromatic rings. The lowest BCUT2D eigenvalue weighted by Gasteiger charge is -1.94. The summed E-state index contributed by atoms with van der Waals surface area (Å²) in [7, 11) is 0. The van der Waals surface area contributed by atoms with E-state index in [1.54, 1.807) is 6.92 Å². The molecule has 0 radical (unpaired) electrons. The standard InChI is InChI=1S/C7H11FO2/c1-6(3-2-4-8)5-7(9)10/h5H,2-4H2,1H3,(H,9,10)/b6-5-. The van der Waals surface area contributed by atoms with Crippen molar-refractivity contribution in [2.45, 2.75) is 19.8 Å². The maximum Gasteiger partial charge on any atom is 0.328 e. The van der Waals surface area contributed by atoms with E-state index in [-0.39, 0.29) is 6.67 Å². The van der Waals surface area contributed by atoms with Crippen LogP contribution in [0.2, 0.25) is 0 Å². The van der Waals surface area contributed by atoms with E-state index in [2.05, 4.69) is 0 Å². The van der Waals surface area contributed by atoms with Crippen molar-refractivity contribution in [3.05, 3.63) is 11.6 Å². The van der Waals surface area contributed by atoms with Gasteiger partial charge in [0.05, 0.1) is 6.67 Å². The number of carboxylic acids is 1. The molecule has 0 fully saturated rings. The second-order valence-electron chi connectivity index (χ2n) is 2.12. The molecule has 1 N–H and O–H groups in total. The first-order valence-electron chi connectivity index (χ1n) is 3.13. The van der Waals surface area contributed by atoms with E-state index in [1.165, 1.54) is 0 Å². The fourth-order valence-electron chi connectivity index (χ4n) is 0.629. The summed E-state index contributed by atoms with van der Waals surface area (Å²) in [5.74, 6) is -0.962. The number of hydrogen-bond acceptors (Lipinski definition) is 1. The summed E-state index contributed by atoms with van der Waals surface area (Å²) in [6, 6.07) is 0. The fraction of sp³-hybridized carbons (Fsp3) is 0.571. The molecule has 0 aliphatic heterocycles. The van der Waals surface area contributed by atoms with Gasteiger partial charge in [-0.05, 0) is 19.8 Å². The lowest BCUT2D eigenvalue weighted by molar-refractivity contribution is -0.131. The number of alkyl halides is 1. The Labute approximate surface area is 59.4 Å². The van der Waals surface area contributed by atoms with Crippen LogP contribution < -0.4 is 0 Å². The van der Waals surface area contributed by atoms with Crippen LogP contribution in [-0.2, 0) is 4.79 Å². The quantitative estimate of drug-likeness (QED) is 0.613. The zero-order chi connectivity index (χ0) is 7.98. The molecule has 0 amide bonds. The molecule has 0 heterocycles. The van der Waals surface area contributed by atoms with E-state index in [1.807, 2.05) is 0 Å². The van der Waals surface area contributed by atoms with Gasteiger partial charge in [0, 0.05) is 6.08 Å². The maximum absolute atomic E-state index is 11.5. The van der Waals surface area contributed by atoms with E-state index in [9.17, 15) is 9.18 Å². The van der Waals surface area contributed by atoms with Gasteiger partial charge in [0.2, 0.25) is 0 Å². The van der Waals surface area contributed by atoms with Gasteiger partial charge < -0.3 is 5.11 Å². The van der Waals surface area contributed by atoms with Gasteiger partial charge in [-0.3, -0.25) is 4.39 Å². The molecule has 0 bridgehead atoms. The van der Waals surface area contributed by atoms with Gasteiger partial charge in [-0.1, -0.05) is 5.57 Å². The molecule has 0 rings (SSSR count). The third-order valence-corrected chi connectivity index (χ3v) is 1.07. The summed E-state index contributed by atoms with van der Waals surface area (Å²) < 4.78 is 11.5. The average molecular weight is 146 g/mol. The molecule has 10 heavy (non-hydrogen) atoms. The van der Waals surface area contributed by atoms with E-state index in [0.29, 0.717) is 18.4 Å². The molecule has 0 unspecified atom stereocenters. The van der Waals surface area contributed by atoms with Crippen LogP contribution in [0.4, 0.5) is 4.39 Å². The first-order valence-corrected chi connectivity index (χ1v) is 3.13. The molecule has 3 heteroatoms. The van der Waals surface area contributed by atoms with Crippen molar-refractivity contribution in [2.75, 3.05) is 6.67 Å². The van der Waals surface area contributed by atoms with Gasteiger partial charge in [0.15, 0.2) is 0 Å². The summed E-state index contributed by atoms with van der Waals surface area (Å²) in [5, 5.41) is 8.21. The van der Waals surface area contributed by atoms with Crippen LogP contribution in [0, 0.1) is 0 Å². The first-order chi connectivity index (χ1) is 4.66. The molecule has 0 spiro atoms. The molecule has 0 aromatic carbocycles. The van der Waals surface area contributed by atoms with Crippen LogP contribution in [0.25, 0.3) is 0 Å². The molecule has 2 nitrogen and oxygen atoms in total. The van der Waals surface area contributed by atoms with Gasteiger partial charge in [-0.2, -0.15) is 0 Å². The Kier molecular flexibility index (Phi) is 4.54. The topological polar surface area (TPSA) is 37.3 Å². The summed E-state index contributed by atoms with van der Waals surface area (Å²) in [4.78, 5) is 10.0. The highest BCUT2D eigenvalue weighted by Gasteiger charge is 1.93. The molecule has 0 atom stereocenters. The monoisotopic (exact) mass is 146 g/mol. The Bertz CT molecular complexity index is 141. The van der Waals surface area contributed by atoms with Crippen molar-refractivity contribution in [3.63, 3.8) is 0 Å². The van der Waals surface area contributed by atoms with Crippen molar-refractivity contribution < 1.29 is 14.3 Å². The smallest absolute Gasteiger partial charge is 0.328 e. The van der Waals surface area contributed by atoms with Gasteiger partial charge in [0.25, 0.3) is 0 Å². The summed E-state index contributed by atoms with van der Waals surface area (Å²) >= 11 is 0. The first kappa shape index (κ1) is 9.14. The summed E-state index contributed by atoms with van der Waals surface area (Å²) in [6.07, 6.45) is 2.05. The van der Waals surface area contributed by atoms with E-state index >= 15 is 0 Å². The van der Waals surface area contributed by atoms with Crippen LogP contribution in [0.15, 0.2) is 11.6 Å². The lowest BCUT2D eigenvalue weighted by Crippen LogP contribution is -1.90. The Balaban J connectivity index is 3.60. The summed E-state index contributed by atoms with van der Waals surface area (Å²) in [6.45, 7) is 1.30. The number of allylic oxidation sites excluding steroid dienone is 1. The molecule has 0 aliphatic rings. The molecule has 58 valence electrons. The zero-order valence-electron chi connectivity index (χ0n) is 5.93. The normalized spacial score (nSPS) is 11.6. The second kappa shape index (κ2) is 4.97. The number of rotatable bonds is 4. The van der Waals surface area contributed by atoms with Crippen LogP contribution in [-0.4, -0.2) is 17.8 Å². The number of aliphatic carboxylic acids is 1. The van der Waals surface area contributed by atoms with Gasteiger partial charge >= 0.3 is 5.97 Å². The van der Waals surface area contributed by atoms with Crippen LogP contribution in [0.3, 0.4) is 0 Å². The van der Waals surface area contributed by atoms with Crippen LogP contribution in [0.5, 0.6) is 0 Å². The third-order valence-electron chi connectivity index (χ3n) is 1.07. The van der Waals surface area contributed by atoms with Crippen LogP contribution in [0.1, 0.15) is 19.8 Å². The Morgan fingerprint density at radius 1 is 1.70 bits per heavy atom. The minimum atomic E-state index is -0.962. The Hall–Kier alpha value is -0.860. The van der Waals surface area contributed by atoms with Crippen LogP contribution >= 0.6 is 0 Å². The largest absolute Gasteiger partial charge is 0.478 e. The summed E-state index contributed by atoms with van der Waals surface area (Å²) in [5.41, 5.74) is 0.713. The average Bonchev–Trinajstić information content (AvgIpc) is 1.82. The van der Waals surface area contributed by atoms with Crippen molar-refractivity contribution in [1.29, 1.82) is 0 Å². The van der Waals surface area contributed by atoms with Gasteiger partial charge in [-0.15, -0.1) is 0 Å². The SMILES string of the molecule is C/C(=C/C(=O)O)CCCF. The minimum absolute atomic E-state index is 0.384. The third kappa shape index (κ3) is 5.28. The molecule has 0 saturated carbocycles. The Morgan fingerprint density at radius 2 is 2.30 bits per heavy atom. The van der Waals surface area contributed by atoms with Crippen molar-refractivity contribution in [2.24, 2.45) is 0 Å². The minimum Gasteiger partial charge on any atom is -0.478 e. The predicted octanol–water partition coefficient (Wildman–Crippen LogP) is 1.77. The van der Waals surface area contributed by atoms with E-state index < -0.39 is 5.97 Å². The highest BCUT2D eigenvalue weighted by atomic mass is 19.1. The van der Waals surface area contributed by atoms with Gasteiger partial charge in [-0.25, -0.2) is 4.79 Å². The second-order valence-corrected chi connectivity index (χ2v) is 2.12. The predicted molar refractivity (Wildman–Crippen MR) is 36.6 cm³/mol. The number of halogens is 1. The van der Waals surface area contributed by atoms with Gasteiger partial charge in [0.1, 0.15) is 0 Å². The molecular weight excluding hydrogens is 135 g/mol. The highest BCUT2D eigenvalue weighted by Crippen LogP contribution is 2.02.